The van der Waals surface area contributed by atoms with Crippen molar-refractivity contribution in [3.63, 3.8) is 0 Å². The summed E-state index contributed by atoms with van der Waals surface area (Å²) in [4.78, 5) is 23.0. The van der Waals surface area contributed by atoms with Crippen LogP contribution in [0.2, 0.25) is 0 Å². The molecule has 0 aromatic heterocycles. The molecule has 5 nitrogen and oxygen atoms in total. The molecule has 0 saturated heterocycles. The topological polar surface area (TPSA) is 61.8 Å². The monoisotopic (exact) mass is 492 g/mol. The second-order valence-electron chi connectivity index (χ2n) is 2.87. The van der Waals surface area contributed by atoms with Gasteiger partial charge in [-0.05, 0) is 31.9 Å². The van der Waals surface area contributed by atoms with E-state index in [-0.39, 0.29) is 22.6 Å². The van der Waals surface area contributed by atoms with Gasteiger partial charge in [0.15, 0.2) is 44.0 Å². The molecule has 0 N–H and O–H groups in total. The molecule has 90 valence electrons. The first kappa shape index (κ1) is 13.3. The number of cyclic esters (lactones) is 2. The maximum atomic E-state index is 11.5. The van der Waals surface area contributed by atoms with Crippen molar-refractivity contribution in [3.8, 4) is 11.5 Å². The highest BCUT2D eigenvalue weighted by molar-refractivity contribution is 9.13. The van der Waals surface area contributed by atoms with Crippen LogP contribution in [0.1, 0.15) is 20.7 Å². The van der Waals surface area contributed by atoms with Gasteiger partial charge in [0.25, 0.3) is 0 Å². The molecule has 0 atom stereocenters. The van der Waals surface area contributed by atoms with Gasteiger partial charge in [0.1, 0.15) is 5.56 Å². The molecule has 1 heterocycles. The minimum atomic E-state index is -0.793. The fraction of sp³-hybridized carbons (Fsp3) is 0. The number of rotatable bonds is 2. The van der Waals surface area contributed by atoms with E-state index in [9.17, 15) is 9.59 Å². The van der Waals surface area contributed by atoms with E-state index in [2.05, 4.69) is 69.1 Å². The quantitative estimate of drug-likeness (QED) is 0.460. The van der Waals surface area contributed by atoms with Gasteiger partial charge in [-0.25, -0.2) is 9.59 Å². The molecule has 17 heavy (non-hydrogen) atoms. The van der Waals surface area contributed by atoms with Crippen LogP contribution in [0.5, 0.6) is 11.5 Å². The molecule has 0 bridgehead atoms. The summed E-state index contributed by atoms with van der Waals surface area (Å²) in [6, 6.07) is 0. The van der Waals surface area contributed by atoms with Crippen molar-refractivity contribution in [3.05, 3.63) is 20.1 Å². The molecule has 0 fully saturated rings. The van der Waals surface area contributed by atoms with E-state index in [1.165, 1.54) is 0 Å². The molecule has 1 aromatic carbocycles. The third-order valence-corrected chi connectivity index (χ3v) is 4.77. The van der Waals surface area contributed by atoms with Crippen LogP contribution in [0, 0.1) is 0 Å². The largest absolute Gasteiger partial charge is 0.413 e. The van der Waals surface area contributed by atoms with Gasteiger partial charge < -0.3 is 12.4 Å². The zero-order valence-corrected chi connectivity index (χ0v) is 13.9. The van der Waals surface area contributed by atoms with Crippen LogP contribution < -0.4 is 7.66 Å². The van der Waals surface area contributed by atoms with E-state index in [1.807, 2.05) is 0 Å². The molecule has 0 unspecified atom stereocenters. The summed E-state index contributed by atoms with van der Waals surface area (Å²) in [5, 5.41) is 0. The minimum Gasteiger partial charge on any atom is -0.413 e. The van der Waals surface area contributed by atoms with Crippen LogP contribution in [0.3, 0.4) is 0 Å². The molecule has 0 aliphatic carbocycles. The Morgan fingerprint density at radius 3 is 1.88 bits per heavy atom. The van der Waals surface area contributed by atoms with Crippen molar-refractivity contribution < 1.29 is 22.0 Å². The number of benzene rings is 1. The Morgan fingerprint density at radius 1 is 0.824 bits per heavy atom. The predicted octanol–water partition coefficient (Wildman–Crippen LogP) is 3.90. The van der Waals surface area contributed by atoms with E-state index in [4.69, 9.17) is 7.66 Å². The van der Waals surface area contributed by atoms with E-state index in [0.29, 0.717) is 8.95 Å². The predicted molar refractivity (Wildman–Crippen MR) is 70.7 cm³/mol. The third-order valence-electron chi connectivity index (χ3n) is 2.04. The van der Waals surface area contributed by atoms with Crippen molar-refractivity contribution in [1.82, 2.24) is 0 Å². The molecule has 0 radical (unpaired) electrons. The highest BCUT2D eigenvalue weighted by Crippen LogP contribution is 2.49. The maximum absolute atomic E-state index is 11.5. The highest BCUT2D eigenvalue weighted by Gasteiger charge is 2.39. The fourth-order valence-electron chi connectivity index (χ4n) is 1.36. The van der Waals surface area contributed by atoms with Gasteiger partial charge in [0, 0.05) is 0 Å². The number of halogens is 4. The van der Waals surface area contributed by atoms with Crippen LogP contribution in [0.15, 0.2) is 8.95 Å². The first-order chi connectivity index (χ1) is 8.02. The van der Waals surface area contributed by atoms with Crippen molar-refractivity contribution in [1.29, 1.82) is 0 Å². The lowest BCUT2D eigenvalue weighted by Crippen LogP contribution is -1.99. The Balaban J connectivity index is 2.89. The maximum Gasteiger partial charge on any atom is 0.350 e. The normalized spacial score (nSPS) is 13.4. The Morgan fingerprint density at radius 2 is 1.35 bits per heavy atom. The van der Waals surface area contributed by atoms with Crippen LogP contribution in [-0.4, -0.2) is 11.9 Å². The Bertz CT molecular complexity index is 541. The lowest BCUT2D eigenvalue weighted by atomic mass is 10.1. The highest BCUT2D eigenvalue weighted by atomic mass is 79.9. The summed E-state index contributed by atoms with van der Waals surface area (Å²) in [5.74, 6) is -1.30. The van der Waals surface area contributed by atoms with Crippen molar-refractivity contribution in [2.75, 3.05) is 0 Å². The van der Waals surface area contributed by atoms with E-state index >= 15 is 0 Å². The second-order valence-corrected chi connectivity index (χ2v) is 5.10. The molecule has 1 aliphatic heterocycles. The number of carbonyl (C=O) groups is 2. The SMILES string of the molecule is O=C1OC(=O)c2c(OBr)c(OBr)c(Br)c(Br)c21. The standard InChI is InChI=1S/C8Br4O5/c9-3-1-2(8(14)15-7(1)13)5(16-11)6(17-12)4(3)10. The van der Waals surface area contributed by atoms with Crippen LogP contribution in [-0.2, 0) is 4.74 Å². The first-order valence-electron chi connectivity index (χ1n) is 3.91. The lowest BCUT2D eigenvalue weighted by molar-refractivity contribution is 0.0443. The van der Waals surface area contributed by atoms with Crippen molar-refractivity contribution >= 4 is 76.3 Å². The third kappa shape index (κ3) is 1.92. The number of esters is 2. The van der Waals surface area contributed by atoms with Crippen LogP contribution >= 0.6 is 64.4 Å². The summed E-state index contributed by atoms with van der Waals surface area (Å²) in [7, 11) is 0. The van der Waals surface area contributed by atoms with E-state index in [0.717, 1.165) is 0 Å². The van der Waals surface area contributed by atoms with E-state index in [1.54, 1.807) is 0 Å². The smallest absolute Gasteiger partial charge is 0.350 e. The van der Waals surface area contributed by atoms with Gasteiger partial charge in [-0.1, -0.05) is 0 Å². The van der Waals surface area contributed by atoms with Gasteiger partial charge in [-0.3, -0.25) is 0 Å². The summed E-state index contributed by atoms with van der Waals surface area (Å²) in [5.41, 5.74) is 0.0843. The van der Waals surface area contributed by atoms with Crippen LogP contribution in [0.25, 0.3) is 0 Å². The summed E-state index contributed by atoms with van der Waals surface area (Å²) >= 11 is 11.9. The van der Waals surface area contributed by atoms with Gasteiger partial charge in [-0.2, -0.15) is 0 Å². The Hall–Kier alpha value is -0.120. The van der Waals surface area contributed by atoms with Crippen LogP contribution in [0.4, 0.5) is 0 Å². The molecule has 2 rings (SSSR count). The number of ether oxygens (including phenoxy) is 1. The molecule has 1 aliphatic rings. The lowest BCUT2D eigenvalue weighted by Gasteiger charge is -2.10. The van der Waals surface area contributed by atoms with Crippen molar-refractivity contribution in [2.24, 2.45) is 0 Å². The molecule has 1 aromatic rings. The van der Waals surface area contributed by atoms with Crippen molar-refractivity contribution in [2.45, 2.75) is 0 Å². The molecule has 9 heteroatoms. The van der Waals surface area contributed by atoms with Gasteiger partial charge in [0.05, 0.1) is 14.5 Å². The minimum absolute atomic E-state index is 0.00333. The Kier molecular flexibility index (Phi) is 3.81. The summed E-state index contributed by atoms with van der Waals surface area (Å²) in [6.45, 7) is 0. The molecular formula is C8Br4O5. The average Bonchev–Trinajstić information content (AvgIpc) is 2.59. The second kappa shape index (κ2) is 4.87. The number of hydrogen-bond donors (Lipinski definition) is 0. The number of carbonyl (C=O) groups excluding carboxylic acids is 2. The number of hydrogen-bond acceptors (Lipinski definition) is 5. The number of fused-ring (bicyclic) bond motifs is 1. The van der Waals surface area contributed by atoms with E-state index < -0.39 is 11.9 Å². The summed E-state index contributed by atoms with van der Waals surface area (Å²) in [6.07, 6.45) is 0. The zero-order chi connectivity index (χ0) is 12.7. The summed E-state index contributed by atoms with van der Waals surface area (Å²) < 4.78 is 15.1. The van der Waals surface area contributed by atoms with Gasteiger partial charge in [-0.15, -0.1) is 0 Å². The Labute approximate surface area is 129 Å². The first-order valence-corrected chi connectivity index (χ1v) is 6.79. The molecule has 0 saturated carbocycles. The fourth-order valence-corrected chi connectivity index (χ4v) is 3.20. The molecule has 0 spiro atoms. The van der Waals surface area contributed by atoms with Gasteiger partial charge >= 0.3 is 11.9 Å². The average molecular weight is 496 g/mol. The molecule has 0 amide bonds. The zero-order valence-electron chi connectivity index (χ0n) is 7.55. The molecular weight excluding hydrogens is 496 g/mol. The van der Waals surface area contributed by atoms with Gasteiger partial charge in [0.2, 0.25) is 0 Å².